The summed E-state index contributed by atoms with van der Waals surface area (Å²) in [6.07, 6.45) is 0. The number of carboxylic acids is 1. The molecule has 2 aromatic rings. The molecule has 0 aliphatic carbocycles. The molecule has 0 aliphatic rings. The molecule has 5 nitrogen and oxygen atoms in total. The number of aliphatic hydroxyl groups is 1. The zero-order chi connectivity index (χ0) is 15.7. The van der Waals surface area contributed by atoms with Crippen LogP contribution < -0.4 is 0 Å². The van der Waals surface area contributed by atoms with Gasteiger partial charge in [0.2, 0.25) is 11.6 Å². The second kappa shape index (κ2) is 8.39. The Bertz CT molecular complexity index is 556. The second-order valence-corrected chi connectivity index (χ2v) is 3.94. The summed E-state index contributed by atoms with van der Waals surface area (Å²) in [6.45, 7) is -0.778. The molecule has 2 N–H and O–H groups in total. The summed E-state index contributed by atoms with van der Waals surface area (Å²) in [5.74, 6) is -2.12. The van der Waals surface area contributed by atoms with Gasteiger partial charge in [0.1, 0.15) is 6.61 Å². The lowest BCUT2D eigenvalue weighted by Gasteiger charge is -1.99. The SMILES string of the molecule is O=C(C(=O)c1ccccc1)c1ccccc1.O=C(O)CO. The van der Waals surface area contributed by atoms with Gasteiger partial charge in [-0.1, -0.05) is 60.7 Å². The van der Waals surface area contributed by atoms with Crippen LogP contribution in [0.15, 0.2) is 60.7 Å². The number of rotatable bonds is 4. The zero-order valence-electron chi connectivity index (χ0n) is 11.1. The van der Waals surface area contributed by atoms with Crippen molar-refractivity contribution in [3.63, 3.8) is 0 Å². The molecule has 2 aromatic carbocycles. The maximum absolute atomic E-state index is 11.8. The minimum absolute atomic E-state index is 0.427. The second-order valence-electron chi connectivity index (χ2n) is 3.94. The van der Waals surface area contributed by atoms with E-state index in [1.807, 2.05) is 12.1 Å². The van der Waals surface area contributed by atoms with E-state index in [1.54, 1.807) is 48.5 Å². The number of hydrogen-bond acceptors (Lipinski definition) is 4. The highest BCUT2D eigenvalue weighted by molar-refractivity contribution is 6.49. The number of aliphatic carboxylic acids is 1. The number of hydrogen-bond donors (Lipinski definition) is 2. The first-order valence-electron chi connectivity index (χ1n) is 6.08. The average molecular weight is 286 g/mol. The summed E-state index contributed by atoms with van der Waals surface area (Å²) in [5, 5.41) is 15.0. The summed E-state index contributed by atoms with van der Waals surface area (Å²) in [4.78, 5) is 32.7. The molecule has 0 unspecified atom stereocenters. The van der Waals surface area contributed by atoms with Crippen LogP contribution in [0.1, 0.15) is 20.7 Å². The van der Waals surface area contributed by atoms with Gasteiger partial charge in [0.15, 0.2) is 0 Å². The van der Waals surface area contributed by atoms with E-state index in [0.29, 0.717) is 11.1 Å². The first kappa shape index (κ1) is 16.3. The lowest BCUT2D eigenvalue weighted by molar-refractivity contribution is -0.140. The molecule has 108 valence electrons. The minimum Gasteiger partial charge on any atom is -0.480 e. The lowest BCUT2D eigenvalue weighted by atomic mass is 10.0. The molecule has 0 atom stereocenters. The van der Waals surface area contributed by atoms with E-state index in [0.717, 1.165) is 0 Å². The van der Waals surface area contributed by atoms with Crippen molar-refractivity contribution in [1.82, 2.24) is 0 Å². The molecule has 2 rings (SSSR count). The van der Waals surface area contributed by atoms with E-state index in [-0.39, 0.29) is 0 Å². The van der Waals surface area contributed by atoms with E-state index in [9.17, 15) is 9.59 Å². The number of carbonyl (C=O) groups excluding carboxylic acids is 2. The molecule has 0 heterocycles. The fourth-order valence-corrected chi connectivity index (χ4v) is 1.44. The largest absolute Gasteiger partial charge is 0.480 e. The Morgan fingerprint density at radius 1 is 0.714 bits per heavy atom. The average Bonchev–Trinajstić information content (AvgIpc) is 2.55. The number of aliphatic hydroxyl groups excluding tert-OH is 1. The van der Waals surface area contributed by atoms with Crippen LogP contribution >= 0.6 is 0 Å². The Balaban J connectivity index is 0.000000383. The summed E-state index contributed by atoms with van der Waals surface area (Å²) >= 11 is 0. The number of carboxylic acid groups (broad SMARTS) is 1. The van der Waals surface area contributed by atoms with Crippen molar-refractivity contribution in [1.29, 1.82) is 0 Å². The summed E-state index contributed by atoms with van der Waals surface area (Å²) in [5.41, 5.74) is 0.854. The topological polar surface area (TPSA) is 91.7 Å². The van der Waals surface area contributed by atoms with Crippen LogP contribution in [0.2, 0.25) is 0 Å². The van der Waals surface area contributed by atoms with Gasteiger partial charge in [-0.3, -0.25) is 9.59 Å². The summed E-state index contributed by atoms with van der Waals surface area (Å²) in [7, 11) is 0. The van der Waals surface area contributed by atoms with Crippen LogP contribution in [0.3, 0.4) is 0 Å². The molecular formula is C16H14O5. The molecule has 0 aliphatic heterocycles. The Labute approximate surface area is 121 Å². The molecule has 21 heavy (non-hydrogen) atoms. The number of carbonyl (C=O) groups is 3. The third-order valence-electron chi connectivity index (χ3n) is 2.41. The Kier molecular flexibility index (Phi) is 6.50. The van der Waals surface area contributed by atoms with Gasteiger partial charge in [-0.05, 0) is 0 Å². The molecule has 0 spiro atoms. The fourth-order valence-electron chi connectivity index (χ4n) is 1.44. The van der Waals surface area contributed by atoms with Crippen LogP contribution in [0.4, 0.5) is 0 Å². The molecule has 0 amide bonds. The van der Waals surface area contributed by atoms with Crippen molar-refractivity contribution in [3.05, 3.63) is 71.8 Å². The summed E-state index contributed by atoms with van der Waals surface area (Å²) in [6, 6.07) is 17.2. The van der Waals surface area contributed by atoms with E-state index < -0.39 is 24.1 Å². The maximum atomic E-state index is 11.8. The molecule has 5 heteroatoms. The molecule has 0 aromatic heterocycles. The van der Waals surface area contributed by atoms with Crippen LogP contribution in [0, 0.1) is 0 Å². The van der Waals surface area contributed by atoms with Crippen molar-refractivity contribution in [3.8, 4) is 0 Å². The van der Waals surface area contributed by atoms with Gasteiger partial charge in [0.05, 0.1) is 0 Å². The number of ketones is 2. The van der Waals surface area contributed by atoms with Crippen LogP contribution in [0.5, 0.6) is 0 Å². The lowest BCUT2D eigenvalue weighted by Crippen LogP contribution is -2.14. The van der Waals surface area contributed by atoms with Crippen molar-refractivity contribution in [2.45, 2.75) is 0 Å². The number of Topliss-reactive ketones (excluding diaryl/α,β-unsaturated/α-hetero) is 2. The van der Waals surface area contributed by atoms with E-state index in [4.69, 9.17) is 15.0 Å². The van der Waals surface area contributed by atoms with E-state index in [2.05, 4.69) is 0 Å². The van der Waals surface area contributed by atoms with Crippen LogP contribution in [-0.2, 0) is 4.79 Å². The van der Waals surface area contributed by atoms with E-state index >= 15 is 0 Å². The standard InChI is InChI=1S/C14H10O2.C2H4O3/c15-13(11-7-3-1-4-8-11)14(16)12-9-5-2-6-10-12;3-1-2(4)5/h1-10H;3H,1H2,(H,4,5). The normalized spacial score (nSPS) is 9.19. The smallest absolute Gasteiger partial charge is 0.329 e. The fraction of sp³-hybridized carbons (Fsp3) is 0.0625. The van der Waals surface area contributed by atoms with Crippen molar-refractivity contribution < 1.29 is 24.6 Å². The predicted octanol–water partition coefficient (Wildman–Crippen LogP) is 1.82. The Morgan fingerprint density at radius 3 is 1.24 bits per heavy atom. The van der Waals surface area contributed by atoms with Gasteiger partial charge in [0.25, 0.3) is 0 Å². The zero-order valence-corrected chi connectivity index (χ0v) is 11.1. The molecule has 0 bridgehead atoms. The molecular weight excluding hydrogens is 272 g/mol. The van der Waals surface area contributed by atoms with Crippen molar-refractivity contribution in [2.24, 2.45) is 0 Å². The molecule has 0 radical (unpaired) electrons. The Morgan fingerprint density at radius 2 is 1.00 bits per heavy atom. The molecule has 0 saturated heterocycles. The highest BCUT2D eigenvalue weighted by Gasteiger charge is 2.16. The predicted molar refractivity (Wildman–Crippen MR) is 76.3 cm³/mol. The number of benzene rings is 2. The molecule has 0 fully saturated rings. The third-order valence-corrected chi connectivity index (χ3v) is 2.41. The van der Waals surface area contributed by atoms with Gasteiger partial charge in [-0.25, -0.2) is 4.79 Å². The highest BCUT2D eigenvalue weighted by Crippen LogP contribution is 2.07. The van der Waals surface area contributed by atoms with E-state index in [1.165, 1.54) is 0 Å². The Hall–Kier alpha value is -2.79. The van der Waals surface area contributed by atoms with Gasteiger partial charge < -0.3 is 10.2 Å². The third kappa shape index (κ3) is 5.38. The van der Waals surface area contributed by atoms with Gasteiger partial charge >= 0.3 is 5.97 Å². The first-order valence-corrected chi connectivity index (χ1v) is 6.08. The van der Waals surface area contributed by atoms with Gasteiger partial charge in [-0.15, -0.1) is 0 Å². The summed E-state index contributed by atoms with van der Waals surface area (Å²) < 4.78 is 0. The quantitative estimate of drug-likeness (QED) is 0.660. The van der Waals surface area contributed by atoms with Gasteiger partial charge in [0, 0.05) is 11.1 Å². The first-order chi connectivity index (χ1) is 10.1. The van der Waals surface area contributed by atoms with Crippen LogP contribution in [0.25, 0.3) is 0 Å². The monoisotopic (exact) mass is 286 g/mol. The van der Waals surface area contributed by atoms with Crippen molar-refractivity contribution >= 4 is 17.5 Å². The van der Waals surface area contributed by atoms with Crippen molar-refractivity contribution in [2.75, 3.05) is 6.61 Å². The highest BCUT2D eigenvalue weighted by atomic mass is 16.4. The maximum Gasteiger partial charge on any atom is 0.329 e. The molecule has 0 saturated carbocycles. The van der Waals surface area contributed by atoms with Crippen LogP contribution in [-0.4, -0.2) is 34.4 Å². The van der Waals surface area contributed by atoms with Gasteiger partial charge in [-0.2, -0.15) is 0 Å². The minimum atomic E-state index is -1.19.